The van der Waals surface area contributed by atoms with Crippen LogP contribution in [-0.4, -0.2) is 46.3 Å². The Balaban J connectivity index is 1.47. The summed E-state index contributed by atoms with van der Waals surface area (Å²) in [4.78, 5) is 34.4. The molecule has 0 unspecified atom stereocenters. The predicted octanol–water partition coefficient (Wildman–Crippen LogP) is 1.12. The summed E-state index contributed by atoms with van der Waals surface area (Å²) in [6.07, 6.45) is 5.37. The van der Waals surface area contributed by atoms with Crippen LogP contribution in [0.1, 0.15) is 34.8 Å². The van der Waals surface area contributed by atoms with Gasteiger partial charge in [-0.15, -0.1) is 0 Å². The van der Waals surface area contributed by atoms with E-state index in [2.05, 4.69) is 25.7 Å². The van der Waals surface area contributed by atoms with E-state index in [9.17, 15) is 9.59 Å². The van der Waals surface area contributed by atoms with E-state index >= 15 is 0 Å². The van der Waals surface area contributed by atoms with E-state index < -0.39 is 0 Å². The fourth-order valence-electron chi connectivity index (χ4n) is 3.01. The first-order chi connectivity index (χ1) is 12.2. The average molecular weight is 339 g/mol. The van der Waals surface area contributed by atoms with Crippen LogP contribution in [0.15, 0.2) is 48.9 Å². The number of aromatic nitrogens is 2. The molecule has 2 amide bonds. The summed E-state index contributed by atoms with van der Waals surface area (Å²) in [6.45, 7) is 1.88. The van der Waals surface area contributed by atoms with Gasteiger partial charge in [0.05, 0.1) is 6.54 Å². The summed E-state index contributed by atoms with van der Waals surface area (Å²) >= 11 is 0. The van der Waals surface area contributed by atoms with Crippen LogP contribution >= 0.6 is 0 Å². The molecule has 0 aliphatic carbocycles. The highest BCUT2D eigenvalue weighted by molar-refractivity contribution is 5.95. The molecule has 1 aromatic carbocycles. The summed E-state index contributed by atoms with van der Waals surface area (Å²) in [5.74, 6) is -0.248. The first-order valence-corrected chi connectivity index (χ1v) is 8.35. The van der Waals surface area contributed by atoms with Gasteiger partial charge in [-0.05, 0) is 37.6 Å². The number of likely N-dealkylation sites (tertiary alicyclic amines) is 1. The molecular weight excluding hydrogens is 318 g/mol. The molecule has 0 saturated carbocycles. The summed E-state index contributed by atoms with van der Waals surface area (Å²) in [6, 6.07) is 10.7. The van der Waals surface area contributed by atoms with Gasteiger partial charge in [0.2, 0.25) is 0 Å². The van der Waals surface area contributed by atoms with Crippen molar-refractivity contribution in [3.8, 4) is 0 Å². The van der Waals surface area contributed by atoms with E-state index in [-0.39, 0.29) is 18.4 Å². The van der Waals surface area contributed by atoms with Gasteiger partial charge in [0, 0.05) is 29.9 Å². The number of nitrogens with one attached hydrogen (secondary N) is 2. The predicted molar refractivity (Wildman–Crippen MR) is 92.5 cm³/mol. The number of carbonyl (C=O) groups is 2. The summed E-state index contributed by atoms with van der Waals surface area (Å²) < 4.78 is 0. The minimum atomic E-state index is -0.327. The van der Waals surface area contributed by atoms with Crippen molar-refractivity contribution in [3.05, 3.63) is 60.2 Å². The molecule has 1 aliphatic rings. The van der Waals surface area contributed by atoms with Crippen LogP contribution in [0.2, 0.25) is 0 Å². The molecule has 7 heteroatoms. The maximum absolute atomic E-state index is 12.1. The Morgan fingerprint density at radius 1 is 1.16 bits per heavy atom. The van der Waals surface area contributed by atoms with Crippen LogP contribution in [-0.2, 0) is 4.79 Å². The first kappa shape index (κ1) is 17.0. The highest BCUT2D eigenvalue weighted by Gasteiger charge is 2.23. The molecule has 1 aliphatic heterocycles. The number of carbonyl (C=O) groups excluding carboxylic acids is 2. The van der Waals surface area contributed by atoms with Crippen LogP contribution in [0.4, 0.5) is 0 Å². The first-order valence-electron chi connectivity index (χ1n) is 8.35. The largest absolute Gasteiger partial charge is 0.294 e. The Morgan fingerprint density at radius 2 is 2.00 bits per heavy atom. The molecule has 0 radical (unpaired) electrons. The van der Waals surface area contributed by atoms with Crippen molar-refractivity contribution in [2.24, 2.45) is 0 Å². The lowest BCUT2D eigenvalue weighted by Gasteiger charge is -2.31. The third-order valence-corrected chi connectivity index (χ3v) is 4.25. The van der Waals surface area contributed by atoms with Crippen molar-refractivity contribution in [3.63, 3.8) is 0 Å². The molecule has 2 N–H and O–H groups in total. The van der Waals surface area contributed by atoms with E-state index in [1.165, 1.54) is 0 Å². The van der Waals surface area contributed by atoms with E-state index in [1.807, 2.05) is 12.1 Å². The monoisotopic (exact) mass is 339 g/mol. The lowest BCUT2D eigenvalue weighted by atomic mass is 9.94. The Hall–Kier alpha value is -2.80. The minimum absolute atomic E-state index is 0.229. The number of hydrogen-bond donors (Lipinski definition) is 2. The van der Waals surface area contributed by atoms with Gasteiger partial charge in [-0.1, -0.05) is 18.2 Å². The summed E-state index contributed by atoms with van der Waals surface area (Å²) in [5.41, 5.74) is 6.44. The zero-order valence-corrected chi connectivity index (χ0v) is 13.9. The second-order valence-corrected chi connectivity index (χ2v) is 6.08. The van der Waals surface area contributed by atoms with Crippen molar-refractivity contribution < 1.29 is 9.59 Å². The fourth-order valence-corrected chi connectivity index (χ4v) is 3.01. The Morgan fingerprint density at radius 3 is 2.76 bits per heavy atom. The highest BCUT2D eigenvalue weighted by Crippen LogP contribution is 2.24. The van der Waals surface area contributed by atoms with Gasteiger partial charge in [0.25, 0.3) is 11.8 Å². The molecule has 3 rings (SSSR count). The second kappa shape index (κ2) is 8.34. The molecule has 1 atom stereocenters. The highest BCUT2D eigenvalue weighted by atomic mass is 16.2. The number of nitrogens with zero attached hydrogens (tertiary/aromatic N) is 3. The molecule has 1 aromatic heterocycles. The number of hydrazine groups is 1. The van der Waals surface area contributed by atoms with E-state index in [0.29, 0.717) is 11.5 Å². The van der Waals surface area contributed by atoms with E-state index in [1.54, 1.807) is 36.8 Å². The third kappa shape index (κ3) is 4.84. The van der Waals surface area contributed by atoms with Gasteiger partial charge in [-0.25, -0.2) is 9.97 Å². The lowest BCUT2D eigenvalue weighted by Crippen LogP contribution is -2.48. The standard InChI is InChI=1S/C18H21N5O2/c24-17(21-22-18(25)14-5-2-1-3-6-14)12-23-10-4-7-15(11-23)16-8-9-19-13-20-16/h1-3,5-6,8-9,13,15H,4,7,10-12H2,(H,21,24)(H,22,25)/t15-/m0/s1. The zero-order valence-electron chi connectivity index (χ0n) is 13.9. The number of benzene rings is 1. The van der Waals surface area contributed by atoms with E-state index in [4.69, 9.17) is 0 Å². The topological polar surface area (TPSA) is 87.2 Å². The number of piperidine rings is 1. The molecule has 0 spiro atoms. The van der Waals surface area contributed by atoms with Crippen LogP contribution < -0.4 is 10.9 Å². The van der Waals surface area contributed by atoms with Gasteiger partial charge >= 0.3 is 0 Å². The van der Waals surface area contributed by atoms with Crippen LogP contribution in [0.25, 0.3) is 0 Å². The molecule has 130 valence electrons. The van der Waals surface area contributed by atoms with Gasteiger partial charge in [0.15, 0.2) is 0 Å². The average Bonchev–Trinajstić information content (AvgIpc) is 2.68. The molecule has 25 heavy (non-hydrogen) atoms. The van der Waals surface area contributed by atoms with Crippen LogP contribution in [0, 0.1) is 0 Å². The van der Waals surface area contributed by atoms with Crippen molar-refractivity contribution in [2.75, 3.05) is 19.6 Å². The Labute approximate surface area is 146 Å². The quantitative estimate of drug-likeness (QED) is 0.815. The number of rotatable bonds is 4. The lowest BCUT2D eigenvalue weighted by molar-refractivity contribution is -0.123. The molecule has 2 aromatic rings. The maximum atomic E-state index is 12.1. The Kier molecular flexibility index (Phi) is 5.69. The normalized spacial score (nSPS) is 17.7. The van der Waals surface area contributed by atoms with Gasteiger partial charge in [-0.3, -0.25) is 25.3 Å². The van der Waals surface area contributed by atoms with Crippen molar-refractivity contribution in [1.29, 1.82) is 0 Å². The molecule has 1 saturated heterocycles. The smallest absolute Gasteiger partial charge is 0.269 e. The zero-order chi connectivity index (χ0) is 17.5. The van der Waals surface area contributed by atoms with Crippen molar-refractivity contribution in [2.45, 2.75) is 18.8 Å². The minimum Gasteiger partial charge on any atom is -0.294 e. The second-order valence-electron chi connectivity index (χ2n) is 6.08. The molecule has 7 nitrogen and oxygen atoms in total. The fraction of sp³-hybridized carbons (Fsp3) is 0.333. The molecule has 0 bridgehead atoms. The third-order valence-electron chi connectivity index (χ3n) is 4.25. The van der Waals surface area contributed by atoms with Gasteiger partial charge in [0.1, 0.15) is 6.33 Å². The van der Waals surface area contributed by atoms with Crippen molar-refractivity contribution in [1.82, 2.24) is 25.7 Å². The SMILES string of the molecule is O=C(CN1CCC[C@H](c2ccncn2)C1)NNC(=O)c1ccccc1. The van der Waals surface area contributed by atoms with Crippen molar-refractivity contribution >= 4 is 11.8 Å². The molecular formula is C18H21N5O2. The number of hydrogen-bond acceptors (Lipinski definition) is 5. The van der Waals surface area contributed by atoms with Gasteiger partial charge in [-0.2, -0.15) is 0 Å². The molecule has 1 fully saturated rings. The summed E-state index contributed by atoms with van der Waals surface area (Å²) in [7, 11) is 0. The van der Waals surface area contributed by atoms with E-state index in [0.717, 1.165) is 31.6 Å². The molecule has 2 heterocycles. The Bertz CT molecular complexity index is 708. The van der Waals surface area contributed by atoms with Crippen LogP contribution in [0.3, 0.4) is 0 Å². The van der Waals surface area contributed by atoms with Crippen LogP contribution in [0.5, 0.6) is 0 Å². The number of amides is 2. The maximum Gasteiger partial charge on any atom is 0.269 e. The summed E-state index contributed by atoms with van der Waals surface area (Å²) in [5, 5.41) is 0. The van der Waals surface area contributed by atoms with Gasteiger partial charge < -0.3 is 0 Å².